The number of aromatic nitrogens is 1. The Morgan fingerprint density at radius 1 is 1.29 bits per heavy atom. The van der Waals surface area contributed by atoms with E-state index >= 15 is 0 Å². The van der Waals surface area contributed by atoms with Crippen molar-refractivity contribution >= 4 is 12.1 Å². The van der Waals surface area contributed by atoms with Crippen LogP contribution in [0.2, 0.25) is 0 Å². The Labute approximate surface area is 101 Å². The molecule has 2 rings (SSSR count). The maximum absolute atomic E-state index is 11.6. The summed E-state index contributed by atoms with van der Waals surface area (Å²) in [5.74, 6) is 0.348. The predicted octanol–water partition coefficient (Wildman–Crippen LogP) is 2.38. The highest BCUT2D eigenvalue weighted by Crippen LogP contribution is 2.21. The average molecular weight is 231 g/mol. The second-order valence-electron chi connectivity index (χ2n) is 4.35. The van der Waals surface area contributed by atoms with Crippen molar-refractivity contribution in [2.75, 3.05) is 0 Å². The van der Waals surface area contributed by atoms with Gasteiger partial charge in [0.05, 0.1) is 0 Å². The zero-order chi connectivity index (χ0) is 11.9. The van der Waals surface area contributed by atoms with Crippen molar-refractivity contribution in [3.63, 3.8) is 0 Å². The highest BCUT2D eigenvalue weighted by Gasteiger charge is 2.10. The van der Waals surface area contributed by atoms with Crippen LogP contribution in [-0.4, -0.2) is 17.1 Å². The number of carbonyl (C=O) groups is 1. The third kappa shape index (κ3) is 3.66. The molecule has 1 aliphatic rings. The molecule has 1 heterocycles. The van der Waals surface area contributed by atoms with Gasteiger partial charge in [0.25, 0.3) is 5.91 Å². The van der Waals surface area contributed by atoms with Gasteiger partial charge in [-0.2, -0.15) is 5.10 Å². The Morgan fingerprint density at radius 2 is 2.00 bits per heavy atom. The standard InChI is InChI=1S/C13H17N3O/c17-13(12-6-8-14-9-7-12)16-15-10-11-4-2-1-3-5-11/h6-11H,1-5H2,(H,16,17). The molecule has 0 aliphatic heterocycles. The minimum atomic E-state index is -0.181. The number of nitrogens with one attached hydrogen (secondary N) is 1. The number of nitrogens with zero attached hydrogens (tertiary/aromatic N) is 2. The van der Waals surface area contributed by atoms with Gasteiger partial charge in [-0.1, -0.05) is 19.3 Å². The first-order valence-electron chi connectivity index (χ1n) is 6.10. The van der Waals surface area contributed by atoms with Gasteiger partial charge in [0.2, 0.25) is 0 Å². The molecule has 0 spiro atoms. The van der Waals surface area contributed by atoms with Crippen LogP contribution in [0.1, 0.15) is 42.5 Å². The molecule has 1 fully saturated rings. The normalized spacial score (nSPS) is 17.2. The molecule has 1 aromatic heterocycles. The fraction of sp³-hybridized carbons (Fsp3) is 0.462. The highest BCUT2D eigenvalue weighted by molar-refractivity contribution is 5.94. The van der Waals surface area contributed by atoms with Crippen LogP contribution in [0.25, 0.3) is 0 Å². The van der Waals surface area contributed by atoms with E-state index in [1.165, 1.54) is 32.1 Å². The highest BCUT2D eigenvalue weighted by atomic mass is 16.2. The van der Waals surface area contributed by atoms with Gasteiger partial charge in [-0.25, -0.2) is 5.43 Å². The number of rotatable bonds is 3. The molecule has 0 aromatic carbocycles. The van der Waals surface area contributed by atoms with Crippen molar-refractivity contribution in [3.8, 4) is 0 Å². The van der Waals surface area contributed by atoms with Crippen LogP contribution >= 0.6 is 0 Å². The molecule has 1 aromatic rings. The van der Waals surface area contributed by atoms with E-state index in [1.54, 1.807) is 24.5 Å². The van der Waals surface area contributed by atoms with Gasteiger partial charge in [0.1, 0.15) is 0 Å². The zero-order valence-corrected chi connectivity index (χ0v) is 9.80. The third-order valence-electron chi connectivity index (χ3n) is 3.04. The molecule has 1 saturated carbocycles. The Kier molecular flexibility index (Phi) is 4.24. The van der Waals surface area contributed by atoms with E-state index in [-0.39, 0.29) is 5.91 Å². The van der Waals surface area contributed by atoms with Gasteiger partial charge in [-0.05, 0) is 30.9 Å². The summed E-state index contributed by atoms with van der Waals surface area (Å²) in [7, 11) is 0. The van der Waals surface area contributed by atoms with Crippen molar-refractivity contribution in [2.24, 2.45) is 11.0 Å². The second-order valence-corrected chi connectivity index (χ2v) is 4.35. The summed E-state index contributed by atoms with van der Waals surface area (Å²) in [6.07, 6.45) is 11.3. The molecule has 4 heteroatoms. The maximum atomic E-state index is 11.6. The van der Waals surface area contributed by atoms with E-state index in [2.05, 4.69) is 15.5 Å². The van der Waals surface area contributed by atoms with Crippen molar-refractivity contribution in [2.45, 2.75) is 32.1 Å². The largest absolute Gasteiger partial charge is 0.271 e. The minimum absolute atomic E-state index is 0.181. The summed E-state index contributed by atoms with van der Waals surface area (Å²) < 4.78 is 0. The topological polar surface area (TPSA) is 54.4 Å². The lowest BCUT2D eigenvalue weighted by Gasteiger charge is -2.16. The molecule has 0 radical (unpaired) electrons. The van der Waals surface area contributed by atoms with Gasteiger partial charge >= 0.3 is 0 Å². The maximum Gasteiger partial charge on any atom is 0.271 e. The zero-order valence-electron chi connectivity index (χ0n) is 9.80. The molecule has 1 amide bonds. The number of hydrazone groups is 1. The molecule has 1 N–H and O–H groups in total. The average Bonchev–Trinajstić information content (AvgIpc) is 2.41. The fourth-order valence-electron chi connectivity index (χ4n) is 2.05. The summed E-state index contributed by atoms with van der Waals surface area (Å²) in [4.78, 5) is 15.5. The fourth-order valence-corrected chi connectivity index (χ4v) is 2.05. The van der Waals surface area contributed by atoms with E-state index in [0.717, 1.165) is 0 Å². The molecule has 17 heavy (non-hydrogen) atoms. The molecular formula is C13H17N3O. The van der Waals surface area contributed by atoms with E-state index in [0.29, 0.717) is 11.5 Å². The Balaban J connectivity index is 1.81. The third-order valence-corrected chi connectivity index (χ3v) is 3.04. The SMILES string of the molecule is O=C(NN=CC1CCCCC1)c1ccncc1. The molecular weight excluding hydrogens is 214 g/mol. The van der Waals surface area contributed by atoms with E-state index in [4.69, 9.17) is 0 Å². The monoisotopic (exact) mass is 231 g/mol. The minimum Gasteiger partial charge on any atom is -0.267 e. The molecule has 0 unspecified atom stereocenters. The molecule has 0 atom stereocenters. The van der Waals surface area contributed by atoms with Crippen LogP contribution in [0.4, 0.5) is 0 Å². The van der Waals surface area contributed by atoms with E-state index < -0.39 is 0 Å². The van der Waals surface area contributed by atoms with Crippen LogP contribution in [-0.2, 0) is 0 Å². The Morgan fingerprint density at radius 3 is 2.71 bits per heavy atom. The Bertz CT molecular complexity index is 383. The molecule has 90 valence electrons. The van der Waals surface area contributed by atoms with Crippen molar-refractivity contribution < 1.29 is 4.79 Å². The van der Waals surface area contributed by atoms with Crippen LogP contribution in [0.3, 0.4) is 0 Å². The summed E-state index contributed by atoms with van der Waals surface area (Å²) in [5.41, 5.74) is 3.13. The van der Waals surface area contributed by atoms with Crippen molar-refractivity contribution in [3.05, 3.63) is 30.1 Å². The summed E-state index contributed by atoms with van der Waals surface area (Å²) in [6, 6.07) is 3.34. The van der Waals surface area contributed by atoms with Crippen molar-refractivity contribution in [1.29, 1.82) is 0 Å². The second kappa shape index (κ2) is 6.13. The van der Waals surface area contributed by atoms with E-state index in [1.807, 2.05) is 6.21 Å². The number of amides is 1. The van der Waals surface area contributed by atoms with Crippen LogP contribution in [0, 0.1) is 5.92 Å². The number of hydrogen-bond donors (Lipinski definition) is 1. The number of carbonyl (C=O) groups excluding carboxylic acids is 1. The lowest BCUT2D eigenvalue weighted by Crippen LogP contribution is -2.19. The lowest BCUT2D eigenvalue weighted by molar-refractivity contribution is 0.0954. The van der Waals surface area contributed by atoms with Crippen molar-refractivity contribution in [1.82, 2.24) is 10.4 Å². The smallest absolute Gasteiger partial charge is 0.267 e. The van der Waals surface area contributed by atoms with Gasteiger partial charge in [0, 0.05) is 24.2 Å². The van der Waals surface area contributed by atoms with Crippen LogP contribution in [0.5, 0.6) is 0 Å². The molecule has 0 bridgehead atoms. The lowest BCUT2D eigenvalue weighted by atomic mass is 9.90. The number of hydrogen-bond acceptors (Lipinski definition) is 3. The Hall–Kier alpha value is -1.71. The van der Waals surface area contributed by atoms with Crippen LogP contribution < -0.4 is 5.43 Å². The first kappa shape index (κ1) is 11.8. The van der Waals surface area contributed by atoms with Gasteiger partial charge in [-0.15, -0.1) is 0 Å². The van der Waals surface area contributed by atoms with Gasteiger partial charge < -0.3 is 0 Å². The van der Waals surface area contributed by atoms with E-state index in [9.17, 15) is 4.79 Å². The molecule has 1 aliphatic carbocycles. The first-order chi connectivity index (χ1) is 8.36. The van der Waals surface area contributed by atoms with Gasteiger partial charge in [0.15, 0.2) is 0 Å². The number of pyridine rings is 1. The predicted molar refractivity (Wildman–Crippen MR) is 66.8 cm³/mol. The van der Waals surface area contributed by atoms with Crippen LogP contribution in [0.15, 0.2) is 29.6 Å². The molecule has 4 nitrogen and oxygen atoms in total. The summed E-state index contributed by atoms with van der Waals surface area (Å²) in [6.45, 7) is 0. The van der Waals surface area contributed by atoms with Gasteiger partial charge in [-0.3, -0.25) is 9.78 Å². The molecule has 0 saturated heterocycles. The summed E-state index contributed by atoms with van der Waals surface area (Å²) in [5, 5.41) is 4.03. The summed E-state index contributed by atoms with van der Waals surface area (Å²) >= 11 is 0. The quantitative estimate of drug-likeness (QED) is 0.641. The first-order valence-corrected chi connectivity index (χ1v) is 6.10.